The van der Waals surface area contributed by atoms with E-state index in [1.54, 1.807) is 0 Å². The monoisotopic (exact) mass is 427 g/mol. The highest BCUT2D eigenvalue weighted by molar-refractivity contribution is 5.83. The Morgan fingerprint density at radius 1 is 0.812 bits per heavy atom. The number of amidine groups is 1. The molecule has 4 rings (SSSR count). The summed E-state index contributed by atoms with van der Waals surface area (Å²) in [6, 6.07) is 27.7. The summed E-state index contributed by atoms with van der Waals surface area (Å²) >= 11 is 0. The van der Waals surface area contributed by atoms with Crippen molar-refractivity contribution in [2.45, 2.75) is 19.6 Å². The highest BCUT2D eigenvalue weighted by Crippen LogP contribution is 2.22. The van der Waals surface area contributed by atoms with E-state index in [-0.39, 0.29) is 0 Å². The van der Waals surface area contributed by atoms with Gasteiger partial charge < -0.3 is 20.7 Å². The van der Waals surface area contributed by atoms with Crippen molar-refractivity contribution in [2.24, 2.45) is 16.8 Å². The molecule has 1 aromatic heterocycles. The second kappa shape index (κ2) is 10.3. The molecule has 0 aliphatic rings. The molecule has 7 heteroatoms. The van der Waals surface area contributed by atoms with E-state index in [1.807, 2.05) is 78.9 Å². The third-order valence-electron chi connectivity index (χ3n) is 4.97. The lowest BCUT2D eigenvalue weighted by atomic mass is 10.1. The summed E-state index contributed by atoms with van der Waals surface area (Å²) in [6.45, 7) is 0.838. The first-order chi connectivity index (χ1) is 15.7. The van der Waals surface area contributed by atoms with Crippen molar-refractivity contribution in [3.63, 3.8) is 0 Å². The molecule has 0 saturated heterocycles. The van der Waals surface area contributed by atoms with E-state index in [4.69, 9.17) is 21.2 Å². The van der Waals surface area contributed by atoms with Crippen molar-refractivity contribution in [2.75, 3.05) is 0 Å². The molecule has 0 spiro atoms. The van der Waals surface area contributed by atoms with Gasteiger partial charge in [-0.05, 0) is 35.4 Å². The molecule has 4 aromatic rings. The van der Waals surface area contributed by atoms with E-state index >= 15 is 0 Å². The maximum atomic E-state index is 5.93. The average molecular weight is 428 g/mol. The van der Waals surface area contributed by atoms with Crippen molar-refractivity contribution in [1.29, 1.82) is 0 Å². The van der Waals surface area contributed by atoms with Gasteiger partial charge >= 0.3 is 0 Å². The molecular formula is C25H25N5O2. The smallest absolute Gasteiger partial charge is 0.140 e. The number of aromatic nitrogens is 1. The van der Waals surface area contributed by atoms with Crippen molar-refractivity contribution in [3.05, 3.63) is 102 Å². The molecule has 0 radical (unpaired) electrons. The van der Waals surface area contributed by atoms with E-state index in [0.717, 1.165) is 39.2 Å². The summed E-state index contributed by atoms with van der Waals surface area (Å²) in [5, 5.41) is 4.71. The number of pyridine rings is 1. The van der Waals surface area contributed by atoms with Gasteiger partial charge in [0.2, 0.25) is 0 Å². The van der Waals surface area contributed by atoms with Gasteiger partial charge in [0.05, 0.1) is 11.2 Å². The number of hydrazine groups is 1. The predicted molar refractivity (Wildman–Crippen MR) is 126 cm³/mol. The van der Waals surface area contributed by atoms with Crippen molar-refractivity contribution in [1.82, 2.24) is 10.4 Å². The number of hydrogen-bond acceptors (Lipinski definition) is 6. The quantitative estimate of drug-likeness (QED) is 0.171. The largest absolute Gasteiger partial charge is 0.489 e. The van der Waals surface area contributed by atoms with Crippen LogP contribution in [0.5, 0.6) is 11.5 Å². The lowest BCUT2D eigenvalue weighted by Crippen LogP contribution is -2.32. The van der Waals surface area contributed by atoms with Gasteiger partial charge in [0.25, 0.3) is 0 Å². The van der Waals surface area contributed by atoms with Crippen molar-refractivity contribution >= 4 is 16.7 Å². The van der Waals surface area contributed by atoms with Gasteiger partial charge in [0, 0.05) is 17.9 Å². The number of fused-ring (bicyclic) bond motifs is 1. The van der Waals surface area contributed by atoms with E-state index in [0.29, 0.717) is 25.5 Å². The fourth-order valence-electron chi connectivity index (χ4n) is 3.25. The molecule has 0 aliphatic carbocycles. The molecule has 5 N–H and O–H groups in total. The van der Waals surface area contributed by atoms with Crippen LogP contribution in [-0.2, 0) is 19.6 Å². The van der Waals surface area contributed by atoms with Crippen LogP contribution in [0.25, 0.3) is 10.9 Å². The Bertz CT molecular complexity index is 1210. The van der Waals surface area contributed by atoms with Crippen LogP contribution in [0.3, 0.4) is 0 Å². The number of ether oxygens (including phenoxy) is 2. The van der Waals surface area contributed by atoms with E-state index < -0.39 is 0 Å². The van der Waals surface area contributed by atoms with Gasteiger partial charge in [0.15, 0.2) is 0 Å². The first-order valence-electron chi connectivity index (χ1n) is 10.2. The minimum Gasteiger partial charge on any atom is -0.489 e. The summed E-state index contributed by atoms with van der Waals surface area (Å²) in [7, 11) is 0. The fourth-order valence-corrected chi connectivity index (χ4v) is 3.25. The molecule has 0 atom stereocenters. The van der Waals surface area contributed by atoms with Crippen LogP contribution in [0.1, 0.15) is 16.8 Å². The van der Waals surface area contributed by atoms with Gasteiger partial charge in [0.1, 0.15) is 30.5 Å². The SMILES string of the molecule is N/N=C(/Cc1ccc(COc2cccc(OCc3ccc4ccccc4n3)c2)cc1)NN. The summed E-state index contributed by atoms with van der Waals surface area (Å²) in [6.07, 6.45) is 0.541. The van der Waals surface area contributed by atoms with Crippen LogP contribution < -0.4 is 26.6 Å². The van der Waals surface area contributed by atoms with Crippen LogP contribution in [-0.4, -0.2) is 10.8 Å². The van der Waals surface area contributed by atoms with Crippen LogP contribution in [0.15, 0.2) is 90.0 Å². The van der Waals surface area contributed by atoms with Gasteiger partial charge in [-0.3, -0.25) is 0 Å². The number of hydrazone groups is 1. The van der Waals surface area contributed by atoms with E-state index in [2.05, 4.69) is 21.6 Å². The Hall–Kier alpha value is -4.10. The maximum absolute atomic E-state index is 5.93. The molecule has 0 aliphatic heterocycles. The topological polar surface area (TPSA) is 108 Å². The molecule has 0 bridgehead atoms. The molecule has 0 amide bonds. The first kappa shape index (κ1) is 21.1. The number of nitrogens with zero attached hydrogens (tertiary/aromatic N) is 2. The number of nitrogens with two attached hydrogens (primary N) is 2. The predicted octanol–water partition coefficient (Wildman–Crippen LogP) is 3.67. The zero-order valence-electron chi connectivity index (χ0n) is 17.6. The summed E-state index contributed by atoms with van der Waals surface area (Å²) in [5.74, 6) is 12.6. The Morgan fingerprint density at radius 3 is 2.28 bits per heavy atom. The molecule has 0 saturated carbocycles. The van der Waals surface area contributed by atoms with Gasteiger partial charge in [-0.2, -0.15) is 5.10 Å². The lowest BCUT2D eigenvalue weighted by molar-refractivity contribution is 0.288. The highest BCUT2D eigenvalue weighted by Gasteiger charge is 2.04. The Kier molecular flexibility index (Phi) is 6.79. The summed E-state index contributed by atoms with van der Waals surface area (Å²) < 4.78 is 11.9. The molecule has 162 valence electrons. The minimum absolute atomic E-state index is 0.390. The molecule has 0 fully saturated rings. The van der Waals surface area contributed by atoms with E-state index in [9.17, 15) is 0 Å². The minimum atomic E-state index is 0.390. The van der Waals surface area contributed by atoms with Gasteiger partial charge in [-0.15, -0.1) is 0 Å². The Balaban J connectivity index is 1.32. The number of nitrogens with one attached hydrogen (secondary N) is 1. The molecular weight excluding hydrogens is 402 g/mol. The van der Waals surface area contributed by atoms with E-state index in [1.165, 1.54) is 0 Å². The third-order valence-corrected chi connectivity index (χ3v) is 4.97. The second-order valence-electron chi connectivity index (χ2n) is 7.26. The summed E-state index contributed by atoms with van der Waals surface area (Å²) in [4.78, 5) is 4.64. The highest BCUT2D eigenvalue weighted by atomic mass is 16.5. The average Bonchev–Trinajstić information content (AvgIpc) is 2.85. The maximum Gasteiger partial charge on any atom is 0.140 e. The normalized spacial score (nSPS) is 11.3. The zero-order valence-corrected chi connectivity index (χ0v) is 17.6. The molecule has 3 aromatic carbocycles. The van der Waals surface area contributed by atoms with Crippen molar-refractivity contribution in [3.8, 4) is 11.5 Å². The van der Waals surface area contributed by atoms with Crippen LogP contribution in [0.2, 0.25) is 0 Å². The second-order valence-corrected chi connectivity index (χ2v) is 7.26. The lowest BCUT2D eigenvalue weighted by Gasteiger charge is -2.10. The van der Waals surface area contributed by atoms with Gasteiger partial charge in [-0.25, -0.2) is 10.8 Å². The van der Waals surface area contributed by atoms with Crippen molar-refractivity contribution < 1.29 is 9.47 Å². The molecule has 0 unspecified atom stereocenters. The zero-order chi connectivity index (χ0) is 22.2. The fraction of sp³-hybridized carbons (Fsp3) is 0.120. The number of rotatable bonds is 8. The Morgan fingerprint density at radius 2 is 1.53 bits per heavy atom. The number of hydrogen-bond donors (Lipinski definition) is 3. The van der Waals surface area contributed by atoms with Gasteiger partial charge in [-0.1, -0.05) is 54.6 Å². The number of para-hydroxylation sites is 1. The number of benzene rings is 3. The van der Waals surface area contributed by atoms with Crippen LogP contribution >= 0.6 is 0 Å². The Labute approximate surface area is 186 Å². The standard InChI is InChI=1S/C25H25N5O2/c26-29-25(30-27)14-18-8-10-19(11-9-18)16-31-22-5-3-6-23(15-22)32-17-21-13-12-20-4-1-2-7-24(20)28-21/h1-13,15H,14,16-17,26-27H2,(H,29,30). The van der Waals surface area contributed by atoms with Crippen LogP contribution in [0.4, 0.5) is 0 Å². The first-order valence-corrected chi connectivity index (χ1v) is 10.2. The van der Waals surface area contributed by atoms with Crippen LogP contribution in [0, 0.1) is 0 Å². The third kappa shape index (κ3) is 5.53. The summed E-state index contributed by atoms with van der Waals surface area (Å²) in [5.41, 5.74) is 6.42. The molecule has 7 nitrogen and oxygen atoms in total. The molecule has 32 heavy (non-hydrogen) atoms. The molecule has 1 heterocycles.